The molecule has 0 spiro atoms. The lowest BCUT2D eigenvalue weighted by Gasteiger charge is -2.11. The van der Waals surface area contributed by atoms with Gasteiger partial charge in [-0.1, -0.05) is 0 Å². The molecule has 0 saturated heterocycles. The molecule has 1 heterocycles. The number of aryl methyl sites for hydroxylation is 1. The van der Waals surface area contributed by atoms with E-state index in [0.717, 1.165) is 10.7 Å². The van der Waals surface area contributed by atoms with Crippen molar-refractivity contribution in [1.82, 2.24) is 10.3 Å². The molecular weight excluding hydrogens is 292 g/mol. The number of carbonyl (C=O) groups excluding carboxylic acids is 1. The van der Waals surface area contributed by atoms with Crippen LogP contribution in [0.3, 0.4) is 0 Å². The highest BCUT2D eigenvalue weighted by atomic mass is 32.1. The van der Waals surface area contributed by atoms with Gasteiger partial charge < -0.3 is 11.1 Å². The van der Waals surface area contributed by atoms with Gasteiger partial charge in [-0.2, -0.15) is 0 Å². The molecule has 0 aliphatic carbocycles. The number of thiazole rings is 1. The van der Waals surface area contributed by atoms with E-state index in [9.17, 15) is 14.9 Å². The Morgan fingerprint density at radius 3 is 2.81 bits per heavy atom. The smallest absolute Gasteiger partial charge is 0.282 e. The van der Waals surface area contributed by atoms with E-state index in [4.69, 9.17) is 5.73 Å². The molecule has 8 heteroatoms. The van der Waals surface area contributed by atoms with Crippen molar-refractivity contribution in [2.24, 2.45) is 0 Å². The first kappa shape index (κ1) is 14.9. The maximum atomic E-state index is 12.2. The van der Waals surface area contributed by atoms with Crippen LogP contribution < -0.4 is 11.1 Å². The monoisotopic (exact) mass is 306 g/mol. The van der Waals surface area contributed by atoms with E-state index < -0.39 is 10.8 Å². The Balaban J connectivity index is 2.24. The van der Waals surface area contributed by atoms with Gasteiger partial charge in [-0.3, -0.25) is 14.9 Å². The molecule has 1 unspecified atom stereocenters. The van der Waals surface area contributed by atoms with Crippen molar-refractivity contribution >= 4 is 28.6 Å². The molecule has 110 valence electrons. The second-order valence-corrected chi connectivity index (χ2v) is 5.45. The number of nitrogen functional groups attached to an aromatic ring is 1. The van der Waals surface area contributed by atoms with Gasteiger partial charge in [0.1, 0.15) is 10.6 Å². The number of carbonyl (C=O) groups is 1. The number of benzene rings is 1. The third-order valence-corrected chi connectivity index (χ3v) is 3.96. The normalized spacial score (nSPS) is 11.9. The average molecular weight is 306 g/mol. The zero-order valence-corrected chi connectivity index (χ0v) is 12.3. The average Bonchev–Trinajstić information content (AvgIpc) is 2.85. The van der Waals surface area contributed by atoms with Crippen molar-refractivity contribution in [3.63, 3.8) is 0 Å². The van der Waals surface area contributed by atoms with E-state index in [1.54, 1.807) is 6.92 Å². The number of hydrogen-bond donors (Lipinski definition) is 2. The van der Waals surface area contributed by atoms with Gasteiger partial charge in [-0.15, -0.1) is 11.3 Å². The van der Waals surface area contributed by atoms with Gasteiger partial charge in [0.2, 0.25) is 0 Å². The molecule has 0 radical (unpaired) electrons. The summed E-state index contributed by atoms with van der Waals surface area (Å²) >= 11 is 1.42. The van der Waals surface area contributed by atoms with Gasteiger partial charge in [0.15, 0.2) is 0 Å². The summed E-state index contributed by atoms with van der Waals surface area (Å²) in [6.07, 6.45) is 0. The number of hydrogen-bond acceptors (Lipinski definition) is 6. The highest BCUT2D eigenvalue weighted by Gasteiger charge is 2.22. The van der Waals surface area contributed by atoms with Crippen LogP contribution in [0.4, 0.5) is 11.4 Å². The molecule has 0 fully saturated rings. The predicted molar refractivity (Wildman–Crippen MR) is 80.2 cm³/mol. The van der Waals surface area contributed by atoms with Crippen LogP contribution in [0.5, 0.6) is 0 Å². The van der Waals surface area contributed by atoms with Gasteiger partial charge >= 0.3 is 0 Å². The standard InChI is InChI=1S/C13H14N4O3S/c1-7-6-21-13(15-7)8(2)16-12(18)10-5-9(14)3-4-11(10)17(19)20/h3-6,8H,14H2,1-2H3,(H,16,18). The van der Waals surface area contributed by atoms with Crippen molar-refractivity contribution < 1.29 is 9.72 Å². The largest absolute Gasteiger partial charge is 0.399 e. The summed E-state index contributed by atoms with van der Waals surface area (Å²) in [5, 5.41) is 16.3. The van der Waals surface area contributed by atoms with Crippen LogP contribution in [0.15, 0.2) is 23.6 Å². The molecule has 1 aromatic carbocycles. The van der Waals surface area contributed by atoms with Gasteiger partial charge in [0.25, 0.3) is 11.6 Å². The molecule has 1 amide bonds. The first-order valence-corrected chi connectivity index (χ1v) is 7.03. The van der Waals surface area contributed by atoms with Crippen molar-refractivity contribution in [2.45, 2.75) is 19.9 Å². The molecule has 21 heavy (non-hydrogen) atoms. The fourth-order valence-electron chi connectivity index (χ4n) is 1.80. The number of nitrogens with zero attached hydrogens (tertiary/aromatic N) is 2. The fourth-order valence-corrected chi connectivity index (χ4v) is 2.61. The first-order chi connectivity index (χ1) is 9.88. The van der Waals surface area contributed by atoms with E-state index in [0.29, 0.717) is 5.69 Å². The second kappa shape index (κ2) is 5.88. The third kappa shape index (κ3) is 3.34. The molecule has 0 bridgehead atoms. The van der Waals surface area contributed by atoms with Crippen LogP contribution in [0.1, 0.15) is 34.0 Å². The number of nitrogens with two attached hydrogens (primary N) is 1. The molecule has 1 atom stereocenters. The van der Waals surface area contributed by atoms with E-state index in [1.807, 2.05) is 12.3 Å². The Hall–Kier alpha value is -2.48. The Labute approximate surface area is 125 Å². The molecule has 1 aromatic heterocycles. The van der Waals surface area contributed by atoms with Gasteiger partial charge in [-0.25, -0.2) is 4.98 Å². The van der Waals surface area contributed by atoms with Crippen LogP contribution in [0, 0.1) is 17.0 Å². The minimum atomic E-state index is -0.605. The number of nitro benzene ring substituents is 1. The molecule has 0 saturated carbocycles. The Bertz CT molecular complexity index is 698. The summed E-state index contributed by atoms with van der Waals surface area (Å²) in [5.41, 5.74) is 6.43. The first-order valence-electron chi connectivity index (χ1n) is 6.15. The molecule has 2 rings (SSSR count). The lowest BCUT2D eigenvalue weighted by molar-refractivity contribution is -0.385. The third-order valence-electron chi connectivity index (χ3n) is 2.82. The van der Waals surface area contributed by atoms with Crippen LogP contribution in [0.25, 0.3) is 0 Å². The van der Waals surface area contributed by atoms with Crippen molar-refractivity contribution in [2.75, 3.05) is 5.73 Å². The minimum Gasteiger partial charge on any atom is -0.399 e. The number of nitrogens with one attached hydrogen (secondary N) is 1. The summed E-state index contributed by atoms with van der Waals surface area (Å²) in [6, 6.07) is 3.58. The fraction of sp³-hybridized carbons (Fsp3) is 0.231. The Morgan fingerprint density at radius 1 is 1.52 bits per heavy atom. The highest BCUT2D eigenvalue weighted by molar-refractivity contribution is 7.09. The Kier molecular flexibility index (Phi) is 4.18. The van der Waals surface area contributed by atoms with Crippen LogP contribution >= 0.6 is 11.3 Å². The maximum Gasteiger partial charge on any atom is 0.282 e. The number of amides is 1. The second-order valence-electron chi connectivity index (χ2n) is 4.56. The van der Waals surface area contributed by atoms with Crippen LogP contribution in [-0.2, 0) is 0 Å². The van der Waals surface area contributed by atoms with Gasteiger partial charge in [0.05, 0.1) is 11.0 Å². The van der Waals surface area contributed by atoms with Crippen molar-refractivity contribution in [1.29, 1.82) is 0 Å². The lowest BCUT2D eigenvalue weighted by Crippen LogP contribution is -2.27. The number of anilines is 1. The lowest BCUT2D eigenvalue weighted by atomic mass is 10.1. The Morgan fingerprint density at radius 2 is 2.24 bits per heavy atom. The molecule has 2 aromatic rings. The summed E-state index contributed by atoms with van der Waals surface area (Å²) in [6.45, 7) is 3.63. The topological polar surface area (TPSA) is 111 Å². The number of aromatic nitrogens is 1. The molecule has 7 nitrogen and oxygen atoms in total. The van der Waals surface area contributed by atoms with Gasteiger partial charge in [-0.05, 0) is 26.0 Å². The van der Waals surface area contributed by atoms with Gasteiger partial charge in [0, 0.05) is 22.8 Å². The molecular formula is C13H14N4O3S. The molecule has 0 aliphatic rings. The summed E-state index contributed by atoms with van der Waals surface area (Å²) < 4.78 is 0. The van der Waals surface area contributed by atoms with E-state index in [2.05, 4.69) is 10.3 Å². The highest BCUT2D eigenvalue weighted by Crippen LogP contribution is 2.23. The van der Waals surface area contributed by atoms with E-state index >= 15 is 0 Å². The molecule has 0 aliphatic heterocycles. The summed E-state index contributed by atoms with van der Waals surface area (Å²) in [5.74, 6) is -0.547. The summed E-state index contributed by atoms with van der Waals surface area (Å²) in [7, 11) is 0. The minimum absolute atomic E-state index is 0.0554. The summed E-state index contributed by atoms with van der Waals surface area (Å²) in [4.78, 5) is 26.9. The van der Waals surface area contributed by atoms with Crippen LogP contribution in [0.2, 0.25) is 0 Å². The number of nitro groups is 1. The van der Waals surface area contributed by atoms with Crippen molar-refractivity contribution in [3.8, 4) is 0 Å². The SMILES string of the molecule is Cc1csc(C(C)NC(=O)c2cc(N)ccc2[N+](=O)[O-])n1. The number of rotatable bonds is 4. The zero-order chi connectivity index (χ0) is 15.6. The molecule has 3 N–H and O–H groups in total. The maximum absolute atomic E-state index is 12.2. The van der Waals surface area contributed by atoms with E-state index in [-0.39, 0.29) is 17.3 Å². The zero-order valence-electron chi connectivity index (χ0n) is 11.5. The predicted octanol–water partition coefficient (Wildman–Crippen LogP) is 2.43. The van der Waals surface area contributed by atoms with Crippen molar-refractivity contribution in [3.05, 3.63) is 50.0 Å². The van der Waals surface area contributed by atoms with Crippen LogP contribution in [-0.4, -0.2) is 15.8 Å². The quantitative estimate of drug-likeness (QED) is 0.512. The van der Waals surface area contributed by atoms with E-state index in [1.165, 1.54) is 29.5 Å².